The molecule has 25 heavy (non-hydrogen) atoms. The molecule has 0 spiro atoms. The van der Waals surface area contributed by atoms with Crippen LogP contribution in [-0.2, 0) is 4.79 Å². The van der Waals surface area contributed by atoms with Gasteiger partial charge in [-0.05, 0) is 25.2 Å². The normalized spacial score (nSPS) is 20.0. The van der Waals surface area contributed by atoms with Crippen molar-refractivity contribution in [2.24, 2.45) is 0 Å². The summed E-state index contributed by atoms with van der Waals surface area (Å²) in [6.07, 6.45) is 9.84. The number of carbonyl (C=O) groups is 2. The molecule has 2 amide bonds. The monoisotopic (exact) mass is 363 g/mol. The van der Waals surface area contributed by atoms with Crippen molar-refractivity contribution in [1.82, 2.24) is 10.3 Å². The van der Waals surface area contributed by atoms with Gasteiger partial charge in [0.25, 0.3) is 5.91 Å². The summed E-state index contributed by atoms with van der Waals surface area (Å²) in [4.78, 5) is 32.0. The van der Waals surface area contributed by atoms with Gasteiger partial charge < -0.3 is 5.32 Å². The molecule has 2 heterocycles. The molecule has 0 bridgehead atoms. The van der Waals surface area contributed by atoms with Crippen LogP contribution in [0.4, 0.5) is 5.13 Å². The third-order valence-corrected chi connectivity index (χ3v) is 6.23. The fourth-order valence-electron chi connectivity index (χ4n) is 3.69. The standard InChI is InChI=1S/C19H29N3O2S/c1-13(2)16-17(25-19(21-16)22-12-8-11-15(22)23)18(24)20-14-9-6-4-3-5-7-10-14/h13-14H,3-12H2,1-2H3,(H,20,24). The maximum Gasteiger partial charge on any atom is 0.263 e. The summed E-state index contributed by atoms with van der Waals surface area (Å²) in [7, 11) is 0. The number of nitrogens with zero attached hydrogens (tertiary/aromatic N) is 2. The van der Waals surface area contributed by atoms with Crippen molar-refractivity contribution < 1.29 is 9.59 Å². The Labute approximate surface area is 154 Å². The highest BCUT2D eigenvalue weighted by molar-refractivity contribution is 7.17. The van der Waals surface area contributed by atoms with Gasteiger partial charge in [0, 0.05) is 19.0 Å². The van der Waals surface area contributed by atoms with Gasteiger partial charge in [0.1, 0.15) is 4.88 Å². The van der Waals surface area contributed by atoms with Crippen molar-refractivity contribution in [3.8, 4) is 0 Å². The summed E-state index contributed by atoms with van der Waals surface area (Å²) in [5.41, 5.74) is 0.822. The second kappa shape index (κ2) is 8.30. The maximum atomic E-state index is 12.9. The van der Waals surface area contributed by atoms with E-state index in [0.717, 1.165) is 25.0 Å². The lowest BCUT2D eigenvalue weighted by Gasteiger charge is -2.21. The predicted molar refractivity (Wildman–Crippen MR) is 101 cm³/mol. The summed E-state index contributed by atoms with van der Waals surface area (Å²) in [6, 6.07) is 0.270. The maximum absolute atomic E-state index is 12.9. The zero-order valence-corrected chi connectivity index (χ0v) is 16.2. The highest BCUT2D eigenvalue weighted by atomic mass is 32.1. The first kappa shape index (κ1) is 18.4. The Morgan fingerprint density at radius 2 is 1.84 bits per heavy atom. The molecule has 1 aliphatic carbocycles. The number of hydrogen-bond acceptors (Lipinski definition) is 4. The first-order chi connectivity index (χ1) is 12.1. The van der Waals surface area contributed by atoms with Crippen LogP contribution in [0.2, 0.25) is 0 Å². The van der Waals surface area contributed by atoms with Crippen LogP contribution in [0.3, 0.4) is 0 Å². The molecule has 1 aromatic heterocycles. The van der Waals surface area contributed by atoms with E-state index in [2.05, 4.69) is 24.1 Å². The first-order valence-corrected chi connectivity index (χ1v) is 10.5. The Hall–Kier alpha value is -1.43. The summed E-state index contributed by atoms with van der Waals surface area (Å²) < 4.78 is 0. The van der Waals surface area contributed by atoms with Gasteiger partial charge in [0.2, 0.25) is 5.91 Å². The van der Waals surface area contributed by atoms with E-state index in [0.29, 0.717) is 23.0 Å². The minimum Gasteiger partial charge on any atom is -0.349 e. The highest BCUT2D eigenvalue weighted by Gasteiger charge is 2.29. The summed E-state index contributed by atoms with van der Waals surface area (Å²) in [5, 5.41) is 3.93. The van der Waals surface area contributed by atoms with E-state index >= 15 is 0 Å². The molecule has 2 fully saturated rings. The number of anilines is 1. The summed E-state index contributed by atoms with van der Waals surface area (Å²) in [6.45, 7) is 4.82. The number of carbonyl (C=O) groups excluding carboxylic acids is 2. The number of aromatic nitrogens is 1. The third-order valence-electron chi connectivity index (χ3n) is 5.14. The van der Waals surface area contributed by atoms with E-state index in [4.69, 9.17) is 0 Å². The zero-order chi connectivity index (χ0) is 17.8. The molecule has 6 heteroatoms. The van der Waals surface area contributed by atoms with E-state index in [1.807, 2.05) is 0 Å². The molecule has 138 valence electrons. The molecule has 5 nitrogen and oxygen atoms in total. The quantitative estimate of drug-likeness (QED) is 0.870. The molecule has 3 rings (SSSR count). The molecule has 1 aromatic rings. The zero-order valence-electron chi connectivity index (χ0n) is 15.3. The van der Waals surface area contributed by atoms with Gasteiger partial charge >= 0.3 is 0 Å². The van der Waals surface area contributed by atoms with Crippen LogP contribution in [-0.4, -0.2) is 29.4 Å². The fraction of sp³-hybridized carbons (Fsp3) is 0.737. The van der Waals surface area contributed by atoms with Crippen molar-refractivity contribution in [2.75, 3.05) is 11.4 Å². The Balaban J connectivity index is 1.76. The van der Waals surface area contributed by atoms with Gasteiger partial charge in [-0.15, -0.1) is 0 Å². The van der Waals surface area contributed by atoms with Gasteiger partial charge in [-0.2, -0.15) is 0 Å². The summed E-state index contributed by atoms with van der Waals surface area (Å²) >= 11 is 1.38. The first-order valence-electron chi connectivity index (χ1n) is 9.68. The largest absolute Gasteiger partial charge is 0.349 e. The Bertz CT molecular complexity index is 618. The van der Waals surface area contributed by atoms with E-state index in [-0.39, 0.29) is 23.8 Å². The smallest absolute Gasteiger partial charge is 0.263 e. The highest BCUT2D eigenvalue weighted by Crippen LogP contribution is 2.33. The molecule has 1 aliphatic heterocycles. The van der Waals surface area contributed by atoms with Crippen LogP contribution in [0.5, 0.6) is 0 Å². The molecular weight excluding hydrogens is 334 g/mol. The number of thiazole rings is 1. The number of hydrogen-bond donors (Lipinski definition) is 1. The van der Waals surface area contributed by atoms with Gasteiger partial charge in [0.05, 0.1) is 5.69 Å². The van der Waals surface area contributed by atoms with Gasteiger partial charge in [-0.1, -0.05) is 57.3 Å². The number of nitrogens with one attached hydrogen (secondary N) is 1. The van der Waals surface area contributed by atoms with Crippen LogP contribution in [0.15, 0.2) is 0 Å². The molecule has 0 atom stereocenters. The average molecular weight is 364 g/mol. The van der Waals surface area contributed by atoms with E-state index in [1.165, 1.54) is 43.4 Å². The minimum atomic E-state index is -0.00957. The minimum absolute atomic E-state index is 0.00957. The topological polar surface area (TPSA) is 62.3 Å². The summed E-state index contributed by atoms with van der Waals surface area (Å²) in [5.74, 6) is 0.279. The van der Waals surface area contributed by atoms with Gasteiger partial charge in [-0.3, -0.25) is 14.5 Å². The molecule has 1 saturated carbocycles. The molecule has 0 radical (unpaired) electrons. The lowest BCUT2D eigenvalue weighted by Crippen LogP contribution is -2.35. The average Bonchev–Trinajstić information content (AvgIpc) is 3.15. The van der Waals surface area contributed by atoms with Crippen molar-refractivity contribution >= 4 is 28.3 Å². The van der Waals surface area contributed by atoms with Crippen LogP contribution in [0.25, 0.3) is 0 Å². The van der Waals surface area contributed by atoms with E-state index in [9.17, 15) is 9.59 Å². The Morgan fingerprint density at radius 3 is 2.44 bits per heavy atom. The number of rotatable bonds is 4. The Morgan fingerprint density at radius 1 is 1.16 bits per heavy atom. The molecule has 0 aromatic carbocycles. The van der Waals surface area contributed by atoms with Crippen molar-refractivity contribution in [1.29, 1.82) is 0 Å². The SMILES string of the molecule is CC(C)c1nc(N2CCCC2=O)sc1C(=O)NC1CCCCCCC1. The van der Waals surface area contributed by atoms with E-state index < -0.39 is 0 Å². The predicted octanol–water partition coefficient (Wildman–Crippen LogP) is 4.24. The fourth-order valence-corrected chi connectivity index (χ4v) is 4.86. The molecule has 1 N–H and O–H groups in total. The third kappa shape index (κ3) is 4.40. The van der Waals surface area contributed by atoms with Crippen LogP contribution in [0.1, 0.15) is 92.9 Å². The van der Waals surface area contributed by atoms with Crippen LogP contribution < -0.4 is 10.2 Å². The lowest BCUT2D eigenvalue weighted by atomic mass is 9.96. The number of amides is 2. The lowest BCUT2D eigenvalue weighted by molar-refractivity contribution is -0.117. The molecule has 2 aliphatic rings. The second-order valence-electron chi connectivity index (χ2n) is 7.53. The van der Waals surface area contributed by atoms with Crippen molar-refractivity contribution in [2.45, 2.75) is 83.6 Å². The van der Waals surface area contributed by atoms with Gasteiger partial charge in [0.15, 0.2) is 5.13 Å². The van der Waals surface area contributed by atoms with Crippen molar-refractivity contribution in [3.05, 3.63) is 10.6 Å². The van der Waals surface area contributed by atoms with Crippen LogP contribution >= 0.6 is 11.3 Å². The molecular formula is C19H29N3O2S. The molecule has 1 saturated heterocycles. The van der Waals surface area contributed by atoms with Crippen molar-refractivity contribution in [3.63, 3.8) is 0 Å². The van der Waals surface area contributed by atoms with E-state index in [1.54, 1.807) is 4.90 Å². The van der Waals surface area contributed by atoms with Crippen LogP contribution in [0, 0.1) is 0 Å². The molecule has 0 unspecified atom stereocenters. The second-order valence-corrected chi connectivity index (χ2v) is 8.51. The van der Waals surface area contributed by atoms with Gasteiger partial charge in [-0.25, -0.2) is 4.98 Å². The Kier molecular flexibility index (Phi) is 6.10.